The molecule has 0 N–H and O–H groups in total. The van der Waals surface area contributed by atoms with E-state index >= 15 is 0 Å². The van der Waals surface area contributed by atoms with E-state index < -0.39 is 6.04 Å². The van der Waals surface area contributed by atoms with Gasteiger partial charge in [0.2, 0.25) is 0 Å². The van der Waals surface area contributed by atoms with Gasteiger partial charge in [0.25, 0.3) is 0 Å². The summed E-state index contributed by atoms with van der Waals surface area (Å²) in [7, 11) is 1.65. The molecule has 3 rings (SSSR count). The van der Waals surface area contributed by atoms with Gasteiger partial charge in [-0.1, -0.05) is 46.8 Å². The first-order valence-corrected chi connectivity index (χ1v) is 9.02. The highest BCUT2D eigenvalue weighted by Gasteiger charge is 2.49. The van der Waals surface area contributed by atoms with Crippen molar-refractivity contribution < 1.29 is 23.9 Å². The first-order valence-electron chi connectivity index (χ1n) is 9.02. The van der Waals surface area contributed by atoms with Crippen LogP contribution in [0.25, 0.3) is 0 Å². The Balaban J connectivity index is 2.05. The van der Waals surface area contributed by atoms with Crippen molar-refractivity contribution in [3.05, 3.63) is 23.3 Å². The minimum atomic E-state index is -0.516. The minimum absolute atomic E-state index is 0.0110. The van der Waals surface area contributed by atoms with Crippen LogP contribution in [-0.4, -0.2) is 37.6 Å². The summed E-state index contributed by atoms with van der Waals surface area (Å²) in [5.41, 5.74) is 1.45. The molecule has 2 saturated heterocycles. The molecule has 2 aliphatic heterocycles. The largest absolute Gasteiger partial charge is 0.497 e. The Bertz CT molecular complexity index is 646. The predicted octanol–water partition coefficient (Wildman–Crippen LogP) is 3.37. The van der Waals surface area contributed by atoms with Crippen molar-refractivity contribution in [1.29, 1.82) is 0 Å². The van der Waals surface area contributed by atoms with Crippen LogP contribution in [0, 0.1) is 5.92 Å². The molecule has 0 aromatic heterocycles. The van der Waals surface area contributed by atoms with Gasteiger partial charge in [-0.3, -0.25) is 9.68 Å². The molecule has 2 heterocycles. The number of hydroxylamine groups is 2. The summed E-state index contributed by atoms with van der Waals surface area (Å²) < 4.78 is 11.5. The molecule has 0 radical (unpaired) electrons. The minimum Gasteiger partial charge on any atom is -0.497 e. The number of benzene rings is 1. The van der Waals surface area contributed by atoms with E-state index in [0.29, 0.717) is 19.0 Å². The second-order valence-corrected chi connectivity index (χ2v) is 9.05. The second-order valence-electron chi connectivity index (χ2n) is 9.05. The van der Waals surface area contributed by atoms with Gasteiger partial charge in [-0.15, -0.1) is 0 Å². The molecule has 1 aromatic carbocycles. The fourth-order valence-electron chi connectivity index (χ4n) is 3.32. The van der Waals surface area contributed by atoms with Crippen LogP contribution in [-0.2, 0) is 25.3 Å². The molecule has 1 aromatic rings. The smallest absolute Gasteiger partial charge is 0.334 e. The number of ether oxygens (including phenoxy) is 2. The maximum absolute atomic E-state index is 12.9. The molecule has 6 nitrogen and oxygen atoms in total. The summed E-state index contributed by atoms with van der Waals surface area (Å²) in [6.45, 7) is 13.6. The molecule has 2 bridgehead atoms. The Labute approximate surface area is 155 Å². The first-order chi connectivity index (χ1) is 12.0. The van der Waals surface area contributed by atoms with E-state index in [0.717, 1.165) is 16.9 Å². The third kappa shape index (κ3) is 3.46. The van der Waals surface area contributed by atoms with Gasteiger partial charge in [0, 0.05) is 17.0 Å². The van der Waals surface area contributed by atoms with Crippen LogP contribution in [0.3, 0.4) is 0 Å². The van der Waals surface area contributed by atoms with Gasteiger partial charge in [0.05, 0.1) is 20.3 Å². The Hall–Kier alpha value is -1.63. The fourth-order valence-corrected chi connectivity index (χ4v) is 3.32. The average molecular weight is 363 g/mol. The van der Waals surface area contributed by atoms with Crippen molar-refractivity contribution in [1.82, 2.24) is 5.23 Å². The van der Waals surface area contributed by atoms with E-state index in [1.165, 1.54) is 5.23 Å². The summed E-state index contributed by atoms with van der Waals surface area (Å²) in [5, 5.41) is 1.28. The summed E-state index contributed by atoms with van der Waals surface area (Å²) in [5.74, 6) is 1.04. The molecular weight excluding hydrogens is 334 g/mol. The van der Waals surface area contributed by atoms with Crippen LogP contribution >= 0.6 is 0 Å². The Morgan fingerprint density at radius 2 is 1.54 bits per heavy atom. The number of carbonyl (C=O) groups is 1. The van der Waals surface area contributed by atoms with Crippen LogP contribution in [0.15, 0.2) is 12.1 Å². The van der Waals surface area contributed by atoms with Crippen molar-refractivity contribution in [2.45, 2.75) is 58.4 Å². The average Bonchev–Trinajstić information content (AvgIpc) is 3.13. The van der Waals surface area contributed by atoms with Crippen LogP contribution in [0.5, 0.6) is 11.5 Å². The number of methoxy groups -OCH3 is 1. The van der Waals surface area contributed by atoms with Gasteiger partial charge in [-0.05, 0) is 23.0 Å². The molecule has 0 amide bonds. The first kappa shape index (κ1) is 19.1. The monoisotopic (exact) mass is 363 g/mol. The lowest BCUT2D eigenvalue weighted by Crippen LogP contribution is -2.36. The maximum atomic E-state index is 12.9. The van der Waals surface area contributed by atoms with Crippen molar-refractivity contribution in [2.24, 2.45) is 5.92 Å². The van der Waals surface area contributed by atoms with E-state index in [1.54, 1.807) is 7.11 Å². The molecule has 26 heavy (non-hydrogen) atoms. The van der Waals surface area contributed by atoms with Crippen LogP contribution in [0.2, 0.25) is 0 Å². The van der Waals surface area contributed by atoms with Gasteiger partial charge in [0.15, 0.2) is 6.04 Å². The molecule has 6 heteroatoms. The van der Waals surface area contributed by atoms with Gasteiger partial charge < -0.3 is 9.47 Å². The quantitative estimate of drug-likeness (QED) is 0.606. The summed E-state index contributed by atoms with van der Waals surface area (Å²) in [4.78, 5) is 23.6. The highest BCUT2D eigenvalue weighted by atomic mass is 17.0. The highest BCUT2D eigenvalue weighted by molar-refractivity contribution is 5.80. The number of nitrogens with zero attached hydrogens (tertiary/aromatic N) is 1. The standard InChI is InChI=1S/C20H29NO5/c1-19(2,3)14-8-13(23-7)9-15(20(4,5)6)17(14)26-18(22)16-12-10-24-21(16)25-11-12/h8-9,12,16H,10-11H2,1-7H3. The molecule has 144 valence electrons. The van der Waals surface area contributed by atoms with Crippen LogP contribution < -0.4 is 9.47 Å². The number of carbonyl (C=O) groups excluding carboxylic acids is 1. The zero-order chi connectivity index (χ0) is 19.3. The van der Waals surface area contributed by atoms with E-state index in [2.05, 4.69) is 41.5 Å². The van der Waals surface area contributed by atoms with Crippen LogP contribution in [0.4, 0.5) is 0 Å². The van der Waals surface area contributed by atoms with Crippen LogP contribution in [0.1, 0.15) is 52.7 Å². The summed E-state index contributed by atoms with van der Waals surface area (Å²) in [6.07, 6.45) is 0. The topological polar surface area (TPSA) is 57.2 Å². The maximum Gasteiger partial charge on any atom is 0.334 e. The molecule has 0 saturated carbocycles. The SMILES string of the molecule is COc1cc(C(C)(C)C)c(OC(=O)C2C3CON2OC3)c(C(C)(C)C)c1. The number of esters is 1. The van der Waals surface area contributed by atoms with Crippen molar-refractivity contribution in [2.75, 3.05) is 20.3 Å². The molecule has 1 atom stereocenters. The Morgan fingerprint density at radius 1 is 1.04 bits per heavy atom. The summed E-state index contributed by atoms with van der Waals surface area (Å²) >= 11 is 0. The van der Waals surface area contributed by atoms with Gasteiger partial charge in [0.1, 0.15) is 11.5 Å². The number of rotatable bonds is 3. The highest BCUT2D eigenvalue weighted by Crippen LogP contribution is 2.43. The number of hydrogen-bond acceptors (Lipinski definition) is 6. The van der Waals surface area contributed by atoms with Crippen molar-refractivity contribution in [3.63, 3.8) is 0 Å². The fraction of sp³-hybridized carbons (Fsp3) is 0.650. The van der Waals surface area contributed by atoms with Gasteiger partial charge in [-0.2, -0.15) is 0 Å². The zero-order valence-corrected chi connectivity index (χ0v) is 16.7. The molecular formula is C20H29NO5. The lowest BCUT2D eigenvalue weighted by molar-refractivity contribution is -0.349. The normalized spacial score (nSPS) is 25.4. The number of fused-ring (bicyclic) bond motifs is 2. The molecule has 2 aliphatic rings. The van der Waals surface area contributed by atoms with Gasteiger partial charge >= 0.3 is 5.97 Å². The van der Waals surface area contributed by atoms with E-state index in [4.69, 9.17) is 19.1 Å². The predicted molar refractivity (Wildman–Crippen MR) is 97.1 cm³/mol. The summed E-state index contributed by atoms with van der Waals surface area (Å²) in [6, 6.07) is 3.39. The van der Waals surface area contributed by atoms with Crippen molar-refractivity contribution in [3.8, 4) is 11.5 Å². The van der Waals surface area contributed by atoms with Gasteiger partial charge in [-0.25, -0.2) is 4.79 Å². The molecule has 2 fully saturated rings. The van der Waals surface area contributed by atoms with E-state index in [-0.39, 0.29) is 22.7 Å². The third-order valence-electron chi connectivity index (χ3n) is 4.86. The lowest BCUT2D eigenvalue weighted by atomic mass is 9.79. The number of hydrogen-bond donors (Lipinski definition) is 0. The molecule has 1 unspecified atom stereocenters. The second kappa shape index (κ2) is 6.51. The molecule has 0 aliphatic carbocycles. The van der Waals surface area contributed by atoms with E-state index in [1.807, 2.05) is 12.1 Å². The third-order valence-corrected chi connectivity index (χ3v) is 4.86. The zero-order valence-electron chi connectivity index (χ0n) is 16.7. The van der Waals surface area contributed by atoms with Crippen molar-refractivity contribution >= 4 is 5.97 Å². The lowest BCUT2D eigenvalue weighted by Gasteiger charge is -2.30. The molecule has 0 spiro atoms. The Morgan fingerprint density at radius 3 is 1.88 bits per heavy atom. The Kier molecular flexibility index (Phi) is 4.80. The van der Waals surface area contributed by atoms with E-state index in [9.17, 15) is 4.79 Å².